The van der Waals surface area contributed by atoms with Gasteiger partial charge in [-0.3, -0.25) is 19.3 Å². The highest BCUT2D eigenvalue weighted by atomic mass is 16.2. The average Bonchev–Trinajstić information content (AvgIpc) is 2.79. The summed E-state index contributed by atoms with van der Waals surface area (Å²) < 4.78 is 0. The van der Waals surface area contributed by atoms with Crippen molar-refractivity contribution in [1.82, 2.24) is 15.1 Å². The zero-order valence-corrected chi connectivity index (χ0v) is 13.9. The Hall–Kier alpha value is -3.22. The second-order valence-electron chi connectivity index (χ2n) is 5.90. The number of imide groups is 2. The molecule has 0 unspecified atom stereocenters. The Morgan fingerprint density at radius 3 is 2.40 bits per heavy atom. The fourth-order valence-electron chi connectivity index (χ4n) is 2.89. The maximum absolute atomic E-state index is 12.2. The Labute approximate surface area is 144 Å². The number of benzene rings is 2. The van der Waals surface area contributed by atoms with E-state index in [1.165, 1.54) is 7.05 Å². The van der Waals surface area contributed by atoms with Crippen LogP contribution in [-0.2, 0) is 14.4 Å². The largest absolute Gasteiger partial charge is 0.348 e. The molecule has 7 nitrogen and oxygen atoms in total. The van der Waals surface area contributed by atoms with Crippen LogP contribution in [0.5, 0.6) is 0 Å². The molecule has 25 heavy (non-hydrogen) atoms. The molecule has 1 atom stereocenters. The van der Waals surface area contributed by atoms with Gasteiger partial charge in [0.2, 0.25) is 5.91 Å². The summed E-state index contributed by atoms with van der Waals surface area (Å²) in [6.45, 7) is 1.34. The van der Waals surface area contributed by atoms with E-state index >= 15 is 0 Å². The Kier molecular flexibility index (Phi) is 4.22. The van der Waals surface area contributed by atoms with E-state index in [0.717, 1.165) is 16.3 Å². The van der Waals surface area contributed by atoms with Crippen molar-refractivity contribution in [2.24, 2.45) is 0 Å². The van der Waals surface area contributed by atoms with Crippen LogP contribution in [0.3, 0.4) is 0 Å². The zero-order valence-electron chi connectivity index (χ0n) is 13.9. The van der Waals surface area contributed by atoms with E-state index in [-0.39, 0.29) is 6.04 Å². The molecule has 3 rings (SSSR count). The smallest absolute Gasteiger partial charge is 0.334 e. The number of carbonyl (C=O) groups is 4. The van der Waals surface area contributed by atoms with E-state index in [4.69, 9.17) is 0 Å². The second-order valence-corrected chi connectivity index (χ2v) is 5.90. The maximum atomic E-state index is 12.2. The Morgan fingerprint density at radius 2 is 1.72 bits per heavy atom. The first-order valence-corrected chi connectivity index (χ1v) is 7.80. The van der Waals surface area contributed by atoms with Crippen molar-refractivity contribution >= 4 is 34.5 Å². The van der Waals surface area contributed by atoms with Gasteiger partial charge in [-0.25, -0.2) is 9.69 Å². The molecule has 1 N–H and O–H groups in total. The molecule has 0 saturated carbocycles. The molecule has 0 aromatic heterocycles. The van der Waals surface area contributed by atoms with E-state index in [1.54, 1.807) is 0 Å². The fourth-order valence-corrected chi connectivity index (χ4v) is 2.89. The quantitative estimate of drug-likeness (QED) is 0.674. The minimum absolute atomic E-state index is 0.320. The van der Waals surface area contributed by atoms with E-state index in [1.807, 2.05) is 49.4 Å². The van der Waals surface area contributed by atoms with Gasteiger partial charge in [-0.2, -0.15) is 0 Å². The molecule has 0 aliphatic carbocycles. The molecule has 2 aromatic carbocycles. The summed E-state index contributed by atoms with van der Waals surface area (Å²) in [6.07, 6.45) is 0. The average molecular weight is 339 g/mol. The summed E-state index contributed by atoms with van der Waals surface area (Å²) in [6, 6.07) is 12.5. The summed E-state index contributed by atoms with van der Waals surface area (Å²) in [5.41, 5.74) is 0.929. The first kappa shape index (κ1) is 16.6. The molecule has 5 amide bonds. The van der Waals surface area contributed by atoms with Gasteiger partial charge in [0.05, 0.1) is 6.04 Å². The van der Waals surface area contributed by atoms with Crippen LogP contribution < -0.4 is 5.32 Å². The number of fused-ring (bicyclic) bond motifs is 1. The molecule has 2 aromatic rings. The lowest BCUT2D eigenvalue weighted by Crippen LogP contribution is -2.41. The van der Waals surface area contributed by atoms with Crippen molar-refractivity contribution in [3.63, 3.8) is 0 Å². The van der Waals surface area contributed by atoms with Gasteiger partial charge in [0.15, 0.2) is 0 Å². The van der Waals surface area contributed by atoms with Gasteiger partial charge in [0.25, 0.3) is 0 Å². The van der Waals surface area contributed by atoms with Crippen LogP contribution >= 0.6 is 0 Å². The summed E-state index contributed by atoms with van der Waals surface area (Å²) >= 11 is 0. The molecule has 1 aliphatic heterocycles. The van der Waals surface area contributed by atoms with Gasteiger partial charge in [-0.1, -0.05) is 42.5 Å². The first-order chi connectivity index (χ1) is 11.9. The van der Waals surface area contributed by atoms with Crippen LogP contribution in [0.4, 0.5) is 4.79 Å². The Balaban J connectivity index is 1.74. The van der Waals surface area contributed by atoms with Crippen molar-refractivity contribution < 1.29 is 19.2 Å². The molecule has 1 aliphatic rings. The summed E-state index contributed by atoms with van der Waals surface area (Å²) in [5, 5.41) is 4.84. The minimum atomic E-state index is -0.986. The van der Waals surface area contributed by atoms with Gasteiger partial charge in [-0.05, 0) is 23.3 Å². The molecule has 0 bridgehead atoms. The lowest BCUT2D eigenvalue weighted by molar-refractivity contribution is -0.143. The van der Waals surface area contributed by atoms with E-state index < -0.39 is 30.3 Å². The number of nitrogens with one attached hydrogen (secondary N) is 1. The van der Waals surface area contributed by atoms with E-state index in [2.05, 4.69) is 5.32 Å². The lowest BCUT2D eigenvalue weighted by atomic mass is 10.00. The van der Waals surface area contributed by atoms with Gasteiger partial charge in [0, 0.05) is 7.05 Å². The number of carbonyl (C=O) groups excluding carboxylic acids is 4. The Bertz CT molecular complexity index is 888. The molecule has 1 saturated heterocycles. The van der Waals surface area contributed by atoms with Gasteiger partial charge >= 0.3 is 17.8 Å². The predicted octanol–water partition coefficient (Wildman–Crippen LogP) is 1.44. The number of rotatable bonds is 4. The van der Waals surface area contributed by atoms with Crippen LogP contribution in [0.2, 0.25) is 0 Å². The van der Waals surface area contributed by atoms with Crippen LogP contribution in [0.15, 0.2) is 42.5 Å². The summed E-state index contributed by atoms with van der Waals surface area (Å²) in [4.78, 5) is 48.6. The molecule has 1 heterocycles. The van der Waals surface area contributed by atoms with Crippen LogP contribution in [0, 0.1) is 0 Å². The van der Waals surface area contributed by atoms with Gasteiger partial charge < -0.3 is 5.32 Å². The fraction of sp³-hybridized carbons (Fsp3) is 0.222. The third-order valence-electron chi connectivity index (χ3n) is 4.22. The first-order valence-electron chi connectivity index (χ1n) is 7.80. The monoisotopic (exact) mass is 339 g/mol. The number of likely N-dealkylation sites (N-methyl/N-ethyl adjacent to an activating group) is 1. The molecule has 0 spiro atoms. The summed E-state index contributed by atoms with van der Waals surface area (Å²) in [7, 11) is 1.21. The standard InChI is InChI=1S/C18H17N3O4/c1-11(13-9-5-7-12-6-3-4-8-14(12)13)19-15(22)10-21-17(24)16(23)20(2)18(21)25/h3-9,11H,10H2,1-2H3,(H,19,22)/t11-/m1/s1. The number of hydrogen-bond donors (Lipinski definition) is 1. The molecule has 128 valence electrons. The van der Waals surface area contributed by atoms with Crippen LogP contribution in [0.25, 0.3) is 10.8 Å². The normalized spacial score (nSPS) is 15.8. The molecule has 0 radical (unpaired) electrons. The molecule has 1 fully saturated rings. The third kappa shape index (κ3) is 2.96. The lowest BCUT2D eigenvalue weighted by Gasteiger charge is -2.18. The van der Waals surface area contributed by atoms with Crippen molar-refractivity contribution in [2.75, 3.05) is 13.6 Å². The minimum Gasteiger partial charge on any atom is -0.348 e. The molecular formula is C18H17N3O4. The SMILES string of the molecule is C[C@@H](NC(=O)CN1C(=O)C(=O)N(C)C1=O)c1cccc2ccccc12. The number of amides is 5. The van der Waals surface area contributed by atoms with Gasteiger partial charge in [0.1, 0.15) is 6.54 Å². The van der Waals surface area contributed by atoms with Crippen LogP contribution in [0.1, 0.15) is 18.5 Å². The number of urea groups is 1. The van der Waals surface area contributed by atoms with Crippen molar-refractivity contribution in [3.8, 4) is 0 Å². The highest BCUT2D eigenvalue weighted by Gasteiger charge is 2.43. The van der Waals surface area contributed by atoms with Crippen molar-refractivity contribution in [2.45, 2.75) is 13.0 Å². The van der Waals surface area contributed by atoms with E-state index in [0.29, 0.717) is 9.80 Å². The predicted molar refractivity (Wildman–Crippen MR) is 90.4 cm³/mol. The van der Waals surface area contributed by atoms with Gasteiger partial charge in [-0.15, -0.1) is 0 Å². The zero-order chi connectivity index (χ0) is 18.1. The Morgan fingerprint density at radius 1 is 1.04 bits per heavy atom. The topological polar surface area (TPSA) is 86.8 Å². The van der Waals surface area contributed by atoms with E-state index in [9.17, 15) is 19.2 Å². The highest BCUT2D eigenvalue weighted by Crippen LogP contribution is 2.24. The van der Waals surface area contributed by atoms with Crippen molar-refractivity contribution in [3.05, 3.63) is 48.0 Å². The number of nitrogens with zero attached hydrogens (tertiary/aromatic N) is 2. The number of hydrogen-bond acceptors (Lipinski definition) is 4. The van der Waals surface area contributed by atoms with Crippen LogP contribution in [-0.4, -0.2) is 47.1 Å². The summed E-state index contributed by atoms with van der Waals surface area (Å²) in [5.74, 6) is -2.43. The molecular weight excluding hydrogens is 322 g/mol. The third-order valence-corrected chi connectivity index (χ3v) is 4.22. The molecule has 7 heteroatoms. The maximum Gasteiger partial charge on any atom is 0.334 e. The highest BCUT2D eigenvalue weighted by molar-refractivity contribution is 6.44. The van der Waals surface area contributed by atoms with Crippen molar-refractivity contribution in [1.29, 1.82) is 0 Å². The second kappa shape index (κ2) is 6.35.